The smallest absolute Gasteiger partial charge is 0.143 e. The molecule has 0 radical (unpaired) electrons. The van der Waals surface area contributed by atoms with Crippen LogP contribution >= 0.6 is 0 Å². The van der Waals surface area contributed by atoms with Gasteiger partial charge in [-0.3, -0.25) is 4.68 Å². The molecule has 3 N–H and O–H groups in total. The fourth-order valence-electron chi connectivity index (χ4n) is 2.10. The van der Waals surface area contributed by atoms with Gasteiger partial charge in [0.05, 0.1) is 18.4 Å². The standard InChI is InChI=1S/C11H20N4O2/c1-8-10(11(13-12)15(2)14-8)7-17-9-3-5-16-6-4-9/h9,13H,3-7,12H2,1-2H3. The van der Waals surface area contributed by atoms with Crippen LogP contribution in [0.5, 0.6) is 0 Å². The van der Waals surface area contributed by atoms with Gasteiger partial charge in [0.2, 0.25) is 0 Å². The molecule has 17 heavy (non-hydrogen) atoms. The molecule has 1 saturated heterocycles. The Morgan fingerprint density at radius 3 is 2.88 bits per heavy atom. The first kappa shape index (κ1) is 12.3. The molecule has 2 heterocycles. The number of hydrazine groups is 1. The van der Waals surface area contributed by atoms with Gasteiger partial charge in [-0.15, -0.1) is 0 Å². The van der Waals surface area contributed by atoms with E-state index >= 15 is 0 Å². The number of nitrogens with two attached hydrogens (primary N) is 1. The number of hydrogen-bond donors (Lipinski definition) is 2. The summed E-state index contributed by atoms with van der Waals surface area (Å²) in [5.74, 6) is 6.30. The molecule has 96 valence electrons. The molecular formula is C11H20N4O2. The second-order valence-electron chi connectivity index (χ2n) is 4.30. The van der Waals surface area contributed by atoms with Crippen LogP contribution in [0, 0.1) is 6.92 Å². The lowest BCUT2D eigenvalue weighted by Gasteiger charge is -2.22. The summed E-state index contributed by atoms with van der Waals surface area (Å²) < 4.78 is 12.9. The molecule has 1 aromatic rings. The molecule has 0 unspecified atom stereocenters. The topological polar surface area (TPSA) is 74.3 Å². The summed E-state index contributed by atoms with van der Waals surface area (Å²) in [6.07, 6.45) is 2.21. The molecule has 2 rings (SSSR count). The van der Waals surface area contributed by atoms with Crippen LogP contribution in [0.25, 0.3) is 0 Å². The number of ether oxygens (including phenoxy) is 2. The normalized spacial score (nSPS) is 17.4. The predicted octanol–water partition coefficient (Wildman–Crippen LogP) is 0.710. The Labute approximate surface area is 101 Å². The molecule has 1 aromatic heterocycles. The Kier molecular flexibility index (Phi) is 3.98. The molecule has 1 fully saturated rings. The molecule has 0 atom stereocenters. The Morgan fingerprint density at radius 2 is 2.24 bits per heavy atom. The zero-order valence-corrected chi connectivity index (χ0v) is 10.4. The summed E-state index contributed by atoms with van der Waals surface area (Å²) in [4.78, 5) is 0. The summed E-state index contributed by atoms with van der Waals surface area (Å²) in [5, 5.41) is 4.32. The third-order valence-corrected chi connectivity index (χ3v) is 3.11. The molecule has 6 heteroatoms. The van der Waals surface area contributed by atoms with E-state index in [1.807, 2.05) is 14.0 Å². The lowest BCUT2D eigenvalue weighted by Crippen LogP contribution is -2.23. The van der Waals surface area contributed by atoms with Crippen LogP contribution in [0.4, 0.5) is 5.82 Å². The molecule has 6 nitrogen and oxygen atoms in total. The van der Waals surface area contributed by atoms with Crippen LogP contribution in [0.2, 0.25) is 0 Å². The fourth-order valence-corrected chi connectivity index (χ4v) is 2.10. The van der Waals surface area contributed by atoms with E-state index in [1.54, 1.807) is 4.68 Å². The van der Waals surface area contributed by atoms with Gasteiger partial charge in [-0.2, -0.15) is 5.10 Å². The van der Waals surface area contributed by atoms with E-state index in [0.717, 1.165) is 43.1 Å². The van der Waals surface area contributed by atoms with Gasteiger partial charge in [-0.05, 0) is 19.8 Å². The first-order chi connectivity index (χ1) is 8.22. The Bertz CT molecular complexity index is 372. The highest BCUT2D eigenvalue weighted by molar-refractivity contribution is 5.45. The average molecular weight is 240 g/mol. The van der Waals surface area contributed by atoms with Crippen LogP contribution in [0.15, 0.2) is 0 Å². The highest BCUT2D eigenvalue weighted by atomic mass is 16.5. The van der Waals surface area contributed by atoms with Gasteiger partial charge in [0.15, 0.2) is 0 Å². The molecule has 0 saturated carbocycles. The summed E-state index contributed by atoms with van der Waals surface area (Å²) in [5.41, 5.74) is 4.65. The highest BCUT2D eigenvalue weighted by Crippen LogP contribution is 2.21. The number of nitrogen functional groups attached to an aromatic ring is 1. The molecule has 1 aliphatic rings. The summed E-state index contributed by atoms with van der Waals surface area (Å²) in [7, 11) is 1.86. The van der Waals surface area contributed by atoms with Crippen molar-refractivity contribution in [3.8, 4) is 0 Å². The Balaban J connectivity index is 1.97. The van der Waals surface area contributed by atoms with Gasteiger partial charge in [0.1, 0.15) is 5.82 Å². The monoisotopic (exact) mass is 240 g/mol. The van der Waals surface area contributed by atoms with Crippen molar-refractivity contribution in [3.05, 3.63) is 11.3 Å². The van der Waals surface area contributed by atoms with Gasteiger partial charge in [0, 0.05) is 25.8 Å². The number of nitrogens with one attached hydrogen (secondary N) is 1. The van der Waals surface area contributed by atoms with E-state index < -0.39 is 0 Å². The first-order valence-corrected chi connectivity index (χ1v) is 5.90. The number of aromatic nitrogens is 2. The zero-order chi connectivity index (χ0) is 12.3. The molecule has 1 aliphatic heterocycles. The van der Waals surface area contributed by atoms with Gasteiger partial charge in [0.25, 0.3) is 0 Å². The van der Waals surface area contributed by atoms with Crippen LogP contribution in [0.1, 0.15) is 24.1 Å². The Hall–Kier alpha value is -1.11. The van der Waals surface area contributed by atoms with Gasteiger partial charge < -0.3 is 14.9 Å². The third kappa shape index (κ3) is 2.77. The second kappa shape index (κ2) is 5.48. The van der Waals surface area contributed by atoms with Crippen LogP contribution in [0.3, 0.4) is 0 Å². The lowest BCUT2D eigenvalue weighted by atomic mass is 10.1. The van der Waals surface area contributed by atoms with Crippen molar-refractivity contribution in [1.29, 1.82) is 0 Å². The molecule has 0 aromatic carbocycles. The Morgan fingerprint density at radius 1 is 1.53 bits per heavy atom. The molecule has 0 aliphatic carbocycles. The SMILES string of the molecule is Cc1nn(C)c(NN)c1COC1CCOCC1. The van der Waals surface area contributed by atoms with Crippen molar-refractivity contribution in [2.24, 2.45) is 12.9 Å². The minimum absolute atomic E-state index is 0.286. The molecule has 0 spiro atoms. The maximum atomic E-state index is 5.88. The van der Waals surface area contributed by atoms with Crippen LogP contribution in [-0.2, 0) is 23.1 Å². The first-order valence-electron chi connectivity index (χ1n) is 5.90. The van der Waals surface area contributed by atoms with Crippen LogP contribution in [-0.4, -0.2) is 29.1 Å². The maximum Gasteiger partial charge on any atom is 0.143 e. The average Bonchev–Trinajstić information content (AvgIpc) is 2.62. The largest absolute Gasteiger partial charge is 0.381 e. The number of anilines is 1. The van der Waals surface area contributed by atoms with Gasteiger partial charge in [-0.1, -0.05) is 0 Å². The van der Waals surface area contributed by atoms with Crippen molar-refractivity contribution in [3.63, 3.8) is 0 Å². The van der Waals surface area contributed by atoms with Crippen molar-refractivity contribution in [1.82, 2.24) is 9.78 Å². The van der Waals surface area contributed by atoms with E-state index in [1.165, 1.54) is 0 Å². The van der Waals surface area contributed by atoms with Gasteiger partial charge in [-0.25, -0.2) is 5.84 Å². The van der Waals surface area contributed by atoms with Crippen molar-refractivity contribution >= 4 is 5.82 Å². The van der Waals surface area contributed by atoms with Crippen molar-refractivity contribution in [2.75, 3.05) is 18.6 Å². The fraction of sp³-hybridized carbons (Fsp3) is 0.727. The van der Waals surface area contributed by atoms with E-state index in [-0.39, 0.29) is 6.10 Å². The van der Waals surface area contributed by atoms with E-state index in [2.05, 4.69) is 10.5 Å². The third-order valence-electron chi connectivity index (χ3n) is 3.11. The minimum atomic E-state index is 0.286. The number of hydrogen-bond acceptors (Lipinski definition) is 5. The quantitative estimate of drug-likeness (QED) is 0.599. The van der Waals surface area contributed by atoms with Crippen molar-refractivity contribution in [2.45, 2.75) is 32.5 Å². The molecule has 0 amide bonds. The maximum absolute atomic E-state index is 5.88. The van der Waals surface area contributed by atoms with Gasteiger partial charge >= 0.3 is 0 Å². The molecule has 0 bridgehead atoms. The predicted molar refractivity (Wildman–Crippen MR) is 64.4 cm³/mol. The zero-order valence-electron chi connectivity index (χ0n) is 10.4. The van der Waals surface area contributed by atoms with E-state index in [0.29, 0.717) is 6.61 Å². The number of rotatable bonds is 4. The second-order valence-corrected chi connectivity index (χ2v) is 4.30. The number of aryl methyl sites for hydroxylation is 2. The van der Waals surface area contributed by atoms with Crippen molar-refractivity contribution < 1.29 is 9.47 Å². The van der Waals surface area contributed by atoms with Crippen LogP contribution < -0.4 is 11.3 Å². The summed E-state index contributed by atoms with van der Waals surface area (Å²) in [6.45, 7) is 4.09. The highest BCUT2D eigenvalue weighted by Gasteiger charge is 2.17. The number of nitrogens with zero attached hydrogens (tertiary/aromatic N) is 2. The summed E-state index contributed by atoms with van der Waals surface area (Å²) >= 11 is 0. The molecular weight excluding hydrogens is 220 g/mol. The summed E-state index contributed by atoms with van der Waals surface area (Å²) in [6, 6.07) is 0. The minimum Gasteiger partial charge on any atom is -0.381 e. The van der Waals surface area contributed by atoms with E-state index in [4.69, 9.17) is 15.3 Å². The lowest BCUT2D eigenvalue weighted by molar-refractivity contribution is -0.0390. The van der Waals surface area contributed by atoms with E-state index in [9.17, 15) is 0 Å².